The normalized spacial score (nSPS) is 12.5. The number of nitrogens with one attached hydrogen (secondary N) is 1. The summed E-state index contributed by atoms with van der Waals surface area (Å²) in [5, 5.41) is 13.1. The van der Waals surface area contributed by atoms with Gasteiger partial charge in [-0.2, -0.15) is 0 Å². The van der Waals surface area contributed by atoms with E-state index in [1.165, 1.54) is 6.92 Å². The third-order valence-electron chi connectivity index (χ3n) is 3.13. The van der Waals surface area contributed by atoms with E-state index >= 15 is 0 Å². The summed E-state index contributed by atoms with van der Waals surface area (Å²) in [4.78, 5) is 11.4. The zero-order valence-corrected chi connectivity index (χ0v) is 13.9. The van der Waals surface area contributed by atoms with E-state index in [2.05, 4.69) is 19.2 Å². The summed E-state index contributed by atoms with van der Waals surface area (Å²) in [5.41, 5.74) is 1.43. The third-order valence-corrected chi connectivity index (χ3v) is 3.13. The molecule has 0 heterocycles. The topological polar surface area (TPSA) is 67.8 Å². The van der Waals surface area contributed by atoms with E-state index in [0.29, 0.717) is 30.4 Å². The highest BCUT2D eigenvalue weighted by molar-refractivity contribution is 5.94. The Morgan fingerprint density at radius 1 is 1.32 bits per heavy atom. The summed E-state index contributed by atoms with van der Waals surface area (Å²) in [6, 6.07) is 5.24. The van der Waals surface area contributed by atoms with Crippen LogP contribution < -0.4 is 10.1 Å². The molecule has 0 spiro atoms. The fourth-order valence-corrected chi connectivity index (χ4v) is 1.99. The molecule has 0 radical (unpaired) electrons. The summed E-state index contributed by atoms with van der Waals surface area (Å²) in [6.07, 6.45) is -0.582. The molecule has 0 aliphatic carbocycles. The van der Waals surface area contributed by atoms with Crippen molar-refractivity contribution in [3.05, 3.63) is 29.3 Å². The Labute approximate surface area is 132 Å². The molecule has 0 aliphatic rings. The Morgan fingerprint density at radius 3 is 2.64 bits per heavy atom. The van der Waals surface area contributed by atoms with Gasteiger partial charge in [0.05, 0.1) is 6.61 Å². The standard InChI is InChI=1S/C17H27NO4/c1-12(2)8-18-9-16(20)11-22-17-6-5-14(13(3)19)7-15(17)10-21-4/h5-7,12,16,18,20H,8-11H2,1-4H3. The summed E-state index contributed by atoms with van der Waals surface area (Å²) < 4.78 is 10.8. The number of carbonyl (C=O) groups excluding carboxylic acids is 1. The SMILES string of the molecule is COCc1cc(C(C)=O)ccc1OCC(O)CNCC(C)C. The van der Waals surface area contributed by atoms with Crippen LogP contribution in [0.1, 0.15) is 36.7 Å². The number of carbonyl (C=O) groups is 1. The van der Waals surface area contributed by atoms with Crippen LogP contribution in [-0.2, 0) is 11.3 Å². The van der Waals surface area contributed by atoms with Crippen LogP contribution in [-0.4, -0.2) is 43.8 Å². The number of rotatable bonds is 10. The second kappa shape index (κ2) is 9.56. The van der Waals surface area contributed by atoms with Gasteiger partial charge in [-0.3, -0.25) is 4.79 Å². The first-order valence-electron chi connectivity index (χ1n) is 7.58. The van der Waals surface area contributed by atoms with Gasteiger partial charge in [-0.05, 0) is 37.6 Å². The Kier molecular flexibility index (Phi) is 8.09. The van der Waals surface area contributed by atoms with Crippen LogP contribution in [0, 0.1) is 5.92 Å². The van der Waals surface area contributed by atoms with Crippen LogP contribution in [0.2, 0.25) is 0 Å². The predicted molar refractivity (Wildman–Crippen MR) is 86.4 cm³/mol. The fourth-order valence-electron chi connectivity index (χ4n) is 1.99. The lowest BCUT2D eigenvalue weighted by Crippen LogP contribution is -2.33. The molecule has 1 aromatic carbocycles. The van der Waals surface area contributed by atoms with E-state index in [1.807, 2.05) is 0 Å². The maximum atomic E-state index is 11.4. The number of benzene rings is 1. The van der Waals surface area contributed by atoms with Gasteiger partial charge in [-0.25, -0.2) is 0 Å². The molecule has 5 heteroatoms. The Balaban J connectivity index is 2.58. The number of methoxy groups -OCH3 is 1. The monoisotopic (exact) mass is 309 g/mol. The van der Waals surface area contributed by atoms with E-state index in [0.717, 1.165) is 12.1 Å². The van der Waals surface area contributed by atoms with Crippen molar-refractivity contribution in [1.29, 1.82) is 0 Å². The van der Waals surface area contributed by atoms with Gasteiger partial charge in [0.1, 0.15) is 18.5 Å². The molecule has 1 rings (SSSR count). The lowest BCUT2D eigenvalue weighted by molar-refractivity contribution is 0.101. The van der Waals surface area contributed by atoms with E-state index in [1.54, 1.807) is 25.3 Å². The van der Waals surface area contributed by atoms with Crippen LogP contribution in [0.4, 0.5) is 0 Å². The number of hydrogen-bond acceptors (Lipinski definition) is 5. The van der Waals surface area contributed by atoms with Gasteiger partial charge >= 0.3 is 0 Å². The summed E-state index contributed by atoms with van der Waals surface area (Å²) in [6.45, 7) is 7.66. The number of ether oxygens (including phenoxy) is 2. The van der Waals surface area contributed by atoms with Gasteiger partial charge in [-0.1, -0.05) is 13.8 Å². The molecule has 0 saturated heterocycles. The van der Waals surface area contributed by atoms with E-state index in [-0.39, 0.29) is 12.4 Å². The lowest BCUT2D eigenvalue weighted by atomic mass is 10.1. The minimum atomic E-state index is -0.582. The van der Waals surface area contributed by atoms with Crippen LogP contribution in [0.15, 0.2) is 18.2 Å². The number of hydrogen-bond donors (Lipinski definition) is 2. The average Bonchev–Trinajstić information content (AvgIpc) is 2.45. The van der Waals surface area contributed by atoms with Crippen molar-refractivity contribution in [3.8, 4) is 5.75 Å². The van der Waals surface area contributed by atoms with Crippen LogP contribution >= 0.6 is 0 Å². The first kappa shape index (κ1) is 18.6. The largest absolute Gasteiger partial charge is 0.490 e. The number of aliphatic hydroxyl groups excluding tert-OH is 1. The van der Waals surface area contributed by atoms with Crippen LogP contribution in [0.25, 0.3) is 0 Å². The van der Waals surface area contributed by atoms with E-state index in [4.69, 9.17) is 9.47 Å². The first-order chi connectivity index (χ1) is 10.4. The molecule has 0 fully saturated rings. The molecule has 5 nitrogen and oxygen atoms in total. The first-order valence-corrected chi connectivity index (χ1v) is 7.58. The quantitative estimate of drug-likeness (QED) is 0.647. The lowest BCUT2D eigenvalue weighted by Gasteiger charge is -2.16. The summed E-state index contributed by atoms with van der Waals surface area (Å²) >= 11 is 0. The Morgan fingerprint density at radius 2 is 2.05 bits per heavy atom. The molecule has 1 unspecified atom stereocenters. The number of Topliss-reactive ketones (excluding diaryl/α,β-unsaturated/α-hetero) is 1. The molecular weight excluding hydrogens is 282 g/mol. The van der Waals surface area contributed by atoms with Crippen molar-refractivity contribution >= 4 is 5.78 Å². The maximum Gasteiger partial charge on any atom is 0.159 e. The highest BCUT2D eigenvalue weighted by Crippen LogP contribution is 2.21. The summed E-state index contributed by atoms with van der Waals surface area (Å²) in [7, 11) is 1.59. The number of aliphatic hydroxyl groups is 1. The van der Waals surface area contributed by atoms with Crippen molar-refractivity contribution in [2.75, 3.05) is 26.8 Å². The predicted octanol–water partition coefficient (Wildman–Crippen LogP) is 2.02. The van der Waals surface area contributed by atoms with Crippen molar-refractivity contribution in [2.45, 2.75) is 33.5 Å². The van der Waals surface area contributed by atoms with Crippen molar-refractivity contribution in [2.24, 2.45) is 5.92 Å². The molecule has 22 heavy (non-hydrogen) atoms. The zero-order valence-electron chi connectivity index (χ0n) is 13.9. The van der Waals surface area contributed by atoms with E-state index < -0.39 is 6.10 Å². The molecule has 1 aromatic rings. The Bertz CT molecular complexity index is 474. The van der Waals surface area contributed by atoms with Crippen LogP contribution in [0.3, 0.4) is 0 Å². The molecular formula is C17H27NO4. The minimum absolute atomic E-state index is 0.00169. The molecule has 2 N–H and O–H groups in total. The van der Waals surface area contributed by atoms with Gasteiger partial charge in [-0.15, -0.1) is 0 Å². The highest BCUT2D eigenvalue weighted by atomic mass is 16.5. The summed E-state index contributed by atoms with van der Waals surface area (Å²) in [5.74, 6) is 1.18. The molecule has 0 bridgehead atoms. The van der Waals surface area contributed by atoms with Gasteiger partial charge in [0.15, 0.2) is 5.78 Å². The zero-order chi connectivity index (χ0) is 16.5. The molecule has 0 aliphatic heterocycles. The maximum absolute atomic E-state index is 11.4. The minimum Gasteiger partial charge on any atom is -0.490 e. The van der Waals surface area contributed by atoms with Crippen molar-refractivity contribution < 1.29 is 19.4 Å². The highest BCUT2D eigenvalue weighted by Gasteiger charge is 2.10. The molecule has 1 atom stereocenters. The fraction of sp³-hybridized carbons (Fsp3) is 0.588. The molecule has 124 valence electrons. The van der Waals surface area contributed by atoms with Crippen LogP contribution in [0.5, 0.6) is 5.75 Å². The van der Waals surface area contributed by atoms with Gasteiger partial charge in [0, 0.05) is 24.8 Å². The molecule has 0 saturated carbocycles. The second-order valence-electron chi connectivity index (χ2n) is 5.83. The van der Waals surface area contributed by atoms with Crippen molar-refractivity contribution in [1.82, 2.24) is 5.32 Å². The smallest absolute Gasteiger partial charge is 0.159 e. The van der Waals surface area contributed by atoms with Crippen molar-refractivity contribution in [3.63, 3.8) is 0 Å². The van der Waals surface area contributed by atoms with E-state index in [9.17, 15) is 9.90 Å². The average molecular weight is 309 g/mol. The molecule has 0 amide bonds. The number of ketones is 1. The molecule has 0 aromatic heterocycles. The third kappa shape index (κ3) is 6.56. The Hall–Kier alpha value is -1.43. The van der Waals surface area contributed by atoms with Gasteiger partial charge in [0.2, 0.25) is 0 Å². The second-order valence-corrected chi connectivity index (χ2v) is 5.83. The van der Waals surface area contributed by atoms with Gasteiger partial charge in [0.25, 0.3) is 0 Å². The van der Waals surface area contributed by atoms with Gasteiger partial charge < -0.3 is 19.9 Å².